The molecule has 3 aromatic carbocycles. The zero-order valence-corrected chi connectivity index (χ0v) is 28.2. The van der Waals surface area contributed by atoms with Crippen LogP contribution in [0, 0.1) is 19.9 Å². The minimum atomic E-state index is 0. The quantitative estimate of drug-likeness (QED) is 0.261. The van der Waals surface area contributed by atoms with Gasteiger partial charge in [-0.15, -0.1) is 11.6 Å². The minimum absolute atomic E-state index is 0. The molecule has 39 heavy (non-hydrogen) atoms. The molecule has 0 bridgehead atoms. The standard InChI is InChI=1S/C23H21.C7H9.C6H10.2ClH.Zr/c1-22(2)7-5-14-10-18-16(12-20(14)22)9-17-13-21-15(11-19(17)18)6-8-23(21,3)4;1-6-3-4-7(2)5-6;1-2-4-6-5-3-1;;;/h5-7,10-13H,9H2,1-4H3;3-5H,1-2H3;1-5H2;2*1H;/q2*-1;;;;+2/p-2. The van der Waals surface area contributed by atoms with E-state index in [1.54, 1.807) is 27.4 Å². The third-order valence-corrected chi connectivity index (χ3v) is 9.61. The van der Waals surface area contributed by atoms with Gasteiger partial charge in [0.15, 0.2) is 0 Å². The van der Waals surface area contributed by atoms with Crippen LogP contribution in [0.5, 0.6) is 0 Å². The number of allylic oxidation sites excluding steroid dienone is 2. The van der Waals surface area contributed by atoms with Gasteiger partial charge in [-0.25, -0.2) is 17.7 Å². The third kappa shape index (κ3) is 6.92. The van der Waals surface area contributed by atoms with Gasteiger partial charge in [-0.1, -0.05) is 71.2 Å². The molecule has 3 aromatic rings. The van der Waals surface area contributed by atoms with E-state index in [9.17, 15) is 0 Å². The van der Waals surface area contributed by atoms with Crippen molar-refractivity contribution in [3.8, 4) is 11.1 Å². The second kappa shape index (κ2) is 12.6. The number of hydrogen-bond donors (Lipinski definition) is 0. The maximum atomic E-state index is 3.50. The van der Waals surface area contributed by atoms with Crippen molar-refractivity contribution in [3.05, 3.63) is 99.1 Å². The molecule has 0 aliphatic heterocycles. The summed E-state index contributed by atoms with van der Waals surface area (Å²) in [7, 11) is 0. The van der Waals surface area contributed by atoms with Crippen LogP contribution < -0.4 is 24.8 Å². The van der Waals surface area contributed by atoms with Crippen LogP contribution in [0.1, 0.15) is 104 Å². The average molecular weight is 635 g/mol. The summed E-state index contributed by atoms with van der Waals surface area (Å²) in [5.74, 6) is 0. The first-order chi connectivity index (χ1) is 17.5. The van der Waals surface area contributed by atoms with Crippen molar-refractivity contribution in [1.82, 2.24) is 0 Å². The van der Waals surface area contributed by atoms with Gasteiger partial charge in [0.2, 0.25) is 0 Å². The third-order valence-electron chi connectivity index (χ3n) is 8.38. The van der Waals surface area contributed by atoms with Crippen molar-refractivity contribution < 1.29 is 49.0 Å². The Morgan fingerprint density at radius 3 is 1.92 bits per heavy atom. The van der Waals surface area contributed by atoms with Crippen LogP contribution >= 0.6 is 0 Å². The topological polar surface area (TPSA) is 0 Å². The fourth-order valence-corrected chi connectivity index (χ4v) is 6.97. The van der Waals surface area contributed by atoms with Crippen LogP contribution in [0.3, 0.4) is 0 Å². The summed E-state index contributed by atoms with van der Waals surface area (Å²) < 4.78 is 1.80. The number of benzene rings is 2. The Hall–Kier alpha value is -1.40. The summed E-state index contributed by atoms with van der Waals surface area (Å²) in [4.78, 5) is 0. The van der Waals surface area contributed by atoms with E-state index in [1.807, 2.05) is 0 Å². The van der Waals surface area contributed by atoms with Crippen molar-refractivity contribution in [3.63, 3.8) is 0 Å². The van der Waals surface area contributed by atoms with E-state index in [0.29, 0.717) is 0 Å². The Balaban J connectivity index is 0.000000218. The summed E-state index contributed by atoms with van der Waals surface area (Å²) in [6.45, 7) is 13.3. The first-order valence-corrected chi connectivity index (χ1v) is 15.2. The average Bonchev–Trinajstić information content (AvgIpc) is 3.57. The summed E-state index contributed by atoms with van der Waals surface area (Å²) in [5.41, 5.74) is 14.4. The van der Waals surface area contributed by atoms with Crippen molar-refractivity contribution >= 4 is 15.4 Å². The molecule has 0 heterocycles. The van der Waals surface area contributed by atoms with Crippen molar-refractivity contribution in [2.75, 3.05) is 0 Å². The van der Waals surface area contributed by atoms with Gasteiger partial charge in [0.1, 0.15) is 0 Å². The van der Waals surface area contributed by atoms with Gasteiger partial charge in [-0.05, 0) is 45.9 Å². The fourth-order valence-electron chi connectivity index (χ4n) is 6.10. The van der Waals surface area contributed by atoms with Gasteiger partial charge in [0.05, 0.1) is 0 Å². The molecule has 0 nitrogen and oxygen atoms in total. The molecule has 0 amide bonds. The van der Waals surface area contributed by atoms with E-state index in [1.165, 1.54) is 87.7 Å². The van der Waals surface area contributed by atoms with Gasteiger partial charge in [0, 0.05) is 5.41 Å². The molecule has 3 heteroatoms. The Morgan fingerprint density at radius 1 is 0.795 bits per heavy atom. The molecule has 7 rings (SSSR count). The number of fused-ring (bicyclic) bond motifs is 5. The Kier molecular flexibility index (Phi) is 10.4. The van der Waals surface area contributed by atoms with Crippen LogP contribution in [-0.4, -0.2) is 3.21 Å². The van der Waals surface area contributed by atoms with Crippen LogP contribution in [0.25, 0.3) is 23.3 Å². The van der Waals surface area contributed by atoms with E-state index in [4.69, 9.17) is 0 Å². The number of rotatable bonds is 0. The molecule has 0 radical (unpaired) electrons. The molecule has 0 aromatic heterocycles. The predicted molar refractivity (Wildman–Crippen MR) is 157 cm³/mol. The Bertz CT molecular complexity index is 1310. The summed E-state index contributed by atoms with van der Waals surface area (Å²) in [5, 5.41) is 0. The summed E-state index contributed by atoms with van der Waals surface area (Å²) in [6.07, 6.45) is 18.7. The van der Waals surface area contributed by atoms with E-state index >= 15 is 0 Å². The Labute approximate surface area is 263 Å². The molecule has 1 fully saturated rings. The first kappa shape index (κ1) is 32.1. The van der Waals surface area contributed by atoms with E-state index in [0.717, 1.165) is 6.42 Å². The van der Waals surface area contributed by atoms with E-state index in [-0.39, 0.29) is 35.6 Å². The molecule has 204 valence electrons. The summed E-state index contributed by atoms with van der Waals surface area (Å²) in [6, 6.07) is 16.1. The molecule has 0 spiro atoms. The monoisotopic (exact) mass is 632 g/mol. The predicted octanol–water partition coefficient (Wildman–Crippen LogP) is 3.37. The molecule has 1 saturated carbocycles. The van der Waals surface area contributed by atoms with Crippen LogP contribution in [0.4, 0.5) is 0 Å². The molecular formula is C36H40Cl2Zr-2. The van der Waals surface area contributed by atoms with Gasteiger partial charge < -0.3 is 24.8 Å². The normalized spacial score (nSPS) is 17.8. The van der Waals surface area contributed by atoms with E-state index < -0.39 is 0 Å². The molecule has 0 unspecified atom stereocenters. The van der Waals surface area contributed by atoms with Gasteiger partial charge in [-0.3, -0.25) is 6.08 Å². The second-order valence-electron chi connectivity index (χ2n) is 12.5. The maximum absolute atomic E-state index is 3.50. The Morgan fingerprint density at radius 2 is 1.41 bits per heavy atom. The first-order valence-electron chi connectivity index (χ1n) is 13.9. The SMILES string of the molecule is CC1(C)[C-]=Cc2cc3c(cc21)Cc1cc2c(cc1-3)C=CC2(C)C.Cc1c[cH-]c(C)c1.[Cl-].[Cl-].[Zr+2]=[C]1CCCCC1. The number of halogens is 2. The van der Waals surface area contributed by atoms with E-state index in [2.05, 4.69) is 108 Å². The molecular weight excluding hydrogens is 595 g/mol. The molecule has 4 aliphatic rings. The molecule has 4 aliphatic carbocycles. The fraction of sp³-hybridized carbons (Fsp3) is 0.389. The molecule has 0 N–H and O–H groups in total. The van der Waals surface area contributed by atoms with Crippen LogP contribution in [0.15, 0.2) is 48.5 Å². The molecule has 0 atom stereocenters. The van der Waals surface area contributed by atoms with Crippen molar-refractivity contribution in [1.29, 1.82) is 0 Å². The van der Waals surface area contributed by atoms with Crippen LogP contribution in [0.2, 0.25) is 0 Å². The van der Waals surface area contributed by atoms with Gasteiger partial charge in [-0.2, -0.15) is 23.3 Å². The van der Waals surface area contributed by atoms with Crippen LogP contribution in [-0.2, 0) is 41.5 Å². The van der Waals surface area contributed by atoms with Gasteiger partial charge >= 0.3 is 59.5 Å². The second-order valence-corrected chi connectivity index (χ2v) is 14.2. The van der Waals surface area contributed by atoms with Gasteiger partial charge in [0.25, 0.3) is 0 Å². The number of hydrogen-bond acceptors (Lipinski definition) is 0. The number of aryl methyl sites for hydroxylation is 2. The zero-order valence-electron chi connectivity index (χ0n) is 24.3. The van der Waals surface area contributed by atoms with Crippen molar-refractivity contribution in [2.45, 2.75) is 90.9 Å². The molecule has 0 saturated heterocycles. The van der Waals surface area contributed by atoms with Crippen molar-refractivity contribution in [2.24, 2.45) is 0 Å². The summed E-state index contributed by atoms with van der Waals surface area (Å²) >= 11 is 1.69. The zero-order chi connectivity index (χ0) is 26.4.